The summed E-state index contributed by atoms with van der Waals surface area (Å²) in [5.41, 5.74) is 2.68. The zero-order valence-corrected chi connectivity index (χ0v) is 23.3. The average Bonchev–Trinajstić information content (AvgIpc) is 2.87. The lowest BCUT2D eigenvalue weighted by atomic mass is 9.78. The van der Waals surface area contributed by atoms with Gasteiger partial charge in [0.05, 0.1) is 16.6 Å². The van der Waals surface area contributed by atoms with Gasteiger partial charge in [0.2, 0.25) is 0 Å². The summed E-state index contributed by atoms with van der Waals surface area (Å²) in [6.45, 7) is 11.1. The second-order valence-corrected chi connectivity index (χ2v) is 11.4. The van der Waals surface area contributed by atoms with E-state index < -0.39 is 11.7 Å². The number of halogens is 3. The number of anilines is 2. The Morgan fingerprint density at radius 2 is 1.88 bits per heavy atom. The number of nitrogens with one attached hydrogen (secondary N) is 1. The number of hydrogen-bond donors (Lipinski definition) is 1. The number of rotatable bonds is 7. The minimum atomic E-state index is -4.57. The predicted octanol–water partition coefficient (Wildman–Crippen LogP) is 6.74. The van der Waals surface area contributed by atoms with E-state index in [9.17, 15) is 13.2 Å². The van der Waals surface area contributed by atoms with Crippen LogP contribution in [0.3, 0.4) is 0 Å². The highest BCUT2D eigenvalue weighted by Gasteiger charge is 2.35. The van der Waals surface area contributed by atoms with Crippen molar-refractivity contribution in [2.45, 2.75) is 52.4 Å². The molecule has 0 bridgehead atoms. The molecule has 1 N–H and O–H groups in total. The van der Waals surface area contributed by atoms with Crippen molar-refractivity contribution in [3.8, 4) is 11.4 Å². The Balaban J connectivity index is 1.57. The molecule has 0 fully saturated rings. The molecule has 5 rings (SSSR count). The Hall–Kier alpha value is -3.63. The third-order valence-corrected chi connectivity index (χ3v) is 6.85. The topological polar surface area (TPSA) is 76.1 Å². The lowest BCUT2D eigenvalue weighted by Gasteiger charge is -2.38. The second-order valence-electron chi connectivity index (χ2n) is 11.4. The molecule has 0 atom stereocenters. The van der Waals surface area contributed by atoms with Crippen molar-refractivity contribution in [1.82, 2.24) is 24.8 Å². The maximum atomic E-state index is 13.7. The summed E-state index contributed by atoms with van der Waals surface area (Å²) in [5, 5.41) is 3.99. The Bertz CT molecular complexity index is 1540. The summed E-state index contributed by atoms with van der Waals surface area (Å²) < 4.78 is 46.9. The van der Waals surface area contributed by atoms with Gasteiger partial charge in [0.25, 0.3) is 0 Å². The molecular weight excluding hydrogens is 517 g/mol. The molecule has 7 nitrogen and oxygen atoms in total. The number of hydrogen-bond acceptors (Lipinski definition) is 7. The molecule has 0 aliphatic carbocycles. The fraction of sp³-hybridized carbons (Fsp3) is 0.400. The lowest BCUT2D eigenvalue weighted by Crippen LogP contribution is -2.39. The molecule has 10 heteroatoms. The molecule has 3 aromatic heterocycles. The minimum absolute atomic E-state index is 0.0322. The van der Waals surface area contributed by atoms with E-state index in [-0.39, 0.29) is 29.1 Å². The van der Waals surface area contributed by atoms with Gasteiger partial charge in [-0.25, -0.2) is 15.0 Å². The first-order valence-corrected chi connectivity index (χ1v) is 13.3. The van der Waals surface area contributed by atoms with Crippen LogP contribution < -0.4 is 5.32 Å². The number of pyridine rings is 2. The molecule has 210 valence electrons. The summed E-state index contributed by atoms with van der Waals surface area (Å²) in [6.07, 6.45) is -3.24. The van der Waals surface area contributed by atoms with Crippen LogP contribution in [-0.2, 0) is 29.5 Å². The van der Waals surface area contributed by atoms with Crippen molar-refractivity contribution < 1.29 is 17.9 Å². The van der Waals surface area contributed by atoms with E-state index >= 15 is 0 Å². The van der Waals surface area contributed by atoms with Crippen molar-refractivity contribution >= 4 is 22.5 Å². The molecule has 0 unspecified atom stereocenters. The van der Waals surface area contributed by atoms with Crippen LogP contribution in [0.4, 0.5) is 24.7 Å². The highest BCUT2D eigenvalue weighted by molar-refractivity contribution is 5.90. The molecule has 1 aromatic carbocycles. The van der Waals surface area contributed by atoms with Crippen LogP contribution in [0.5, 0.6) is 0 Å². The third-order valence-electron chi connectivity index (χ3n) is 6.85. The maximum absolute atomic E-state index is 13.7. The van der Waals surface area contributed by atoms with Crippen LogP contribution in [-0.4, -0.2) is 45.0 Å². The normalized spacial score (nSPS) is 15.4. The lowest BCUT2D eigenvalue weighted by molar-refractivity contribution is -0.137. The Morgan fingerprint density at radius 1 is 1.07 bits per heavy atom. The molecule has 0 spiro atoms. The molecule has 0 saturated heterocycles. The van der Waals surface area contributed by atoms with E-state index in [2.05, 4.69) is 58.2 Å². The van der Waals surface area contributed by atoms with Crippen LogP contribution in [0.15, 0.2) is 48.7 Å². The fourth-order valence-electron chi connectivity index (χ4n) is 5.28. The third kappa shape index (κ3) is 5.93. The van der Waals surface area contributed by atoms with E-state index in [1.807, 2.05) is 19.9 Å². The van der Waals surface area contributed by atoms with Crippen molar-refractivity contribution in [1.29, 1.82) is 0 Å². The van der Waals surface area contributed by atoms with Gasteiger partial charge in [-0.15, -0.1) is 0 Å². The van der Waals surface area contributed by atoms with Gasteiger partial charge in [0.1, 0.15) is 18.1 Å². The fourth-order valence-corrected chi connectivity index (χ4v) is 5.28. The Morgan fingerprint density at radius 3 is 2.62 bits per heavy atom. The van der Waals surface area contributed by atoms with Crippen LogP contribution in [0.25, 0.3) is 22.4 Å². The second kappa shape index (κ2) is 10.7. The highest BCUT2D eigenvalue weighted by Crippen LogP contribution is 2.37. The summed E-state index contributed by atoms with van der Waals surface area (Å²) in [6, 6.07) is 11.8. The van der Waals surface area contributed by atoms with Crippen LogP contribution in [0.2, 0.25) is 0 Å². The number of aromatic nitrogens is 4. The number of likely N-dealkylation sites (N-methyl/N-ethyl adjacent to an activating group) is 1. The molecule has 1 aliphatic heterocycles. The predicted molar refractivity (Wildman–Crippen MR) is 149 cm³/mol. The number of alkyl halides is 3. The average molecular weight is 551 g/mol. The Labute approximate surface area is 231 Å². The molecule has 4 aromatic rings. The minimum Gasteiger partial charge on any atom is -0.373 e. The van der Waals surface area contributed by atoms with E-state index in [0.29, 0.717) is 29.6 Å². The van der Waals surface area contributed by atoms with Crippen molar-refractivity contribution in [3.05, 3.63) is 71.2 Å². The molecule has 40 heavy (non-hydrogen) atoms. The van der Waals surface area contributed by atoms with Crippen molar-refractivity contribution in [2.75, 3.05) is 25.5 Å². The van der Waals surface area contributed by atoms with Gasteiger partial charge in [0, 0.05) is 37.0 Å². The summed E-state index contributed by atoms with van der Waals surface area (Å²) in [7, 11) is 2.11. The van der Waals surface area contributed by atoms with Crippen LogP contribution >= 0.6 is 0 Å². The summed E-state index contributed by atoms with van der Waals surface area (Å²) >= 11 is 0. The molecule has 0 amide bonds. The van der Waals surface area contributed by atoms with Crippen LogP contribution in [0.1, 0.15) is 50.2 Å². The van der Waals surface area contributed by atoms with Gasteiger partial charge in [-0.05, 0) is 60.5 Å². The SMILES string of the molecule is CC(C)COCc1nc(Nc2ccc3c(c2)CN(C)CC3(C)C)c2ccc(-c3ncccc3C(F)(F)F)nc2n1. The van der Waals surface area contributed by atoms with Crippen molar-refractivity contribution in [3.63, 3.8) is 0 Å². The highest BCUT2D eigenvalue weighted by atomic mass is 19.4. The first kappa shape index (κ1) is 27.9. The monoisotopic (exact) mass is 550 g/mol. The van der Waals surface area contributed by atoms with Gasteiger partial charge < -0.3 is 15.0 Å². The first-order valence-electron chi connectivity index (χ1n) is 13.3. The molecule has 0 saturated carbocycles. The van der Waals surface area contributed by atoms with E-state index in [0.717, 1.165) is 24.8 Å². The Kier molecular flexibility index (Phi) is 7.50. The van der Waals surface area contributed by atoms with E-state index in [4.69, 9.17) is 9.72 Å². The van der Waals surface area contributed by atoms with Gasteiger partial charge in [-0.3, -0.25) is 4.98 Å². The van der Waals surface area contributed by atoms with E-state index in [1.165, 1.54) is 29.5 Å². The zero-order valence-electron chi connectivity index (χ0n) is 23.3. The number of nitrogens with zero attached hydrogens (tertiary/aromatic N) is 5. The van der Waals surface area contributed by atoms with Crippen molar-refractivity contribution in [2.24, 2.45) is 5.92 Å². The number of benzene rings is 1. The largest absolute Gasteiger partial charge is 0.418 e. The van der Waals surface area contributed by atoms with Gasteiger partial charge in [-0.2, -0.15) is 13.2 Å². The van der Waals surface area contributed by atoms with Gasteiger partial charge in [-0.1, -0.05) is 33.8 Å². The summed E-state index contributed by atoms with van der Waals surface area (Å²) in [5.74, 6) is 1.22. The molecule has 1 aliphatic rings. The standard InChI is InChI=1S/C30H33F3N6O/c1-18(2)15-40-16-25-37-27(35-20-8-10-22-19(13-20)14-39(5)17-29(22,3)4)21-9-11-24(36-28(21)38-25)26-23(30(31,32)33)7-6-12-34-26/h6-13,18H,14-17H2,1-5H3,(H,35,36,37,38). The molecular formula is C30H33F3N6O. The molecule has 4 heterocycles. The van der Waals surface area contributed by atoms with E-state index in [1.54, 1.807) is 6.07 Å². The van der Waals surface area contributed by atoms with Gasteiger partial charge in [0.15, 0.2) is 11.5 Å². The maximum Gasteiger partial charge on any atom is 0.418 e. The molecule has 0 radical (unpaired) electrons. The first-order chi connectivity index (χ1) is 18.9. The number of ether oxygens (including phenoxy) is 1. The quantitative estimate of drug-likeness (QED) is 0.273. The van der Waals surface area contributed by atoms with Gasteiger partial charge >= 0.3 is 6.18 Å². The smallest absolute Gasteiger partial charge is 0.373 e. The zero-order chi connectivity index (χ0) is 28.7. The summed E-state index contributed by atoms with van der Waals surface area (Å²) in [4.78, 5) is 20.1. The van der Waals surface area contributed by atoms with Crippen LogP contribution in [0, 0.1) is 5.92 Å². The number of fused-ring (bicyclic) bond motifs is 2.